The zero-order chi connectivity index (χ0) is 13.7. The Morgan fingerprint density at radius 1 is 1.21 bits per heavy atom. The Balaban J connectivity index is 1.83. The van der Waals surface area contributed by atoms with Gasteiger partial charge in [0.15, 0.2) is 0 Å². The molecule has 1 aromatic rings. The fourth-order valence-electron chi connectivity index (χ4n) is 2.75. The van der Waals surface area contributed by atoms with E-state index in [9.17, 15) is 9.18 Å². The average Bonchev–Trinajstić information content (AvgIpc) is 2.42. The third kappa shape index (κ3) is 4.34. The summed E-state index contributed by atoms with van der Waals surface area (Å²) in [7, 11) is 1.83. The van der Waals surface area contributed by atoms with Gasteiger partial charge in [0.05, 0.1) is 0 Å². The van der Waals surface area contributed by atoms with E-state index in [0.29, 0.717) is 18.9 Å². The van der Waals surface area contributed by atoms with Crippen LogP contribution in [0.25, 0.3) is 0 Å². The molecule has 0 heterocycles. The van der Waals surface area contributed by atoms with E-state index in [0.717, 1.165) is 5.56 Å². The zero-order valence-corrected chi connectivity index (χ0v) is 11.6. The number of amides is 1. The number of carbonyl (C=O) groups excluding carboxylic acids is 1. The fraction of sp³-hybridized carbons (Fsp3) is 0.562. The highest BCUT2D eigenvalue weighted by atomic mass is 19.1. The van der Waals surface area contributed by atoms with Crippen LogP contribution in [-0.2, 0) is 11.3 Å². The van der Waals surface area contributed by atoms with E-state index in [1.54, 1.807) is 17.0 Å². The minimum Gasteiger partial charge on any atom is -0.341 e. The van der Waals surface area contributed by atoms with Crippen molar-refractivity contribution in [3.8, 4) is 0 Å². The third-order valence-electron chi connectivity index (χ3n) is 3.95. The number of rotatable bonds is 4. The van der Waals surface area contributed by atoms with Crippen molar-refractivity contribution in [2.45, 2.75) is 45.1 Å². The SMILES string of the molecule is CN(Cc1ccc(F)cc1)C(=O)CC1CCCCC1. The van der Waals surface area contributed by atoms with E-state index in [1.165, 1.54) is 44.2 Å². The Hall–Kier alpha value is -1.38. The maximum Gasteiger partial charge on any atom is 0.222 e. The number of carbonyl (C=O) groups is 1. The smallest absolute Gasteiger partial charge is 0.222 e. The van der Waals surface area contributed by atoms with Gasteiger partial charge in [0, 0.05) is 20.0 Å². The second-order valence-electron chi connectivity index (χ2n) is 5.58. The van der Waals surface area contributed by atoms with Gasteiger partial charge in [-0.15, -0.1) is 0 Å². The zero-order valence-electron chi connectivity index (χ0n) is 11.6. The molecule has 0 radical (unpaired) electrons. The minimum absolute atomic E-state index is 0.205. The van der Waals surface area contributed by atoms with Gasteiger partial charge in [-0.2, -0.15) is 0 Å². The van der Waals surface area contributed by atoms with Crippen LogP contribution in [0.1, 0.15) is 44.1 Å². The molecule has 0 N–H and O–H groups in total. The third-order valence-corrected chi connectivity index (χ3v) is 3.95. The van der Waals surface area contributed by atoms with Crippen LogP contribution >= 0.6 is 0 Å². The van der Waals surface area contributed by atoms with Crippen LogP contribution in [-0.4, -0.2) is 17.9 Å². The van der Waals surface area contributed by atoms with Crippen LogP contribution in [0, 0.1) is 11.7 Å². The summed E-state index contributed by atoms with van der Waals surface area (Å²) in [6.07, 6.45) is 6.89. The topological polar surface area (TPSA) is 20.3 Å². The van der Waals surface area contributed by atoms with Gasteiger partial charge in [-0.25, -0.2) is 4.39 Å². The van der Waals surface area contributed by atoms with Crippen molar-refractivity contribution in [1.29, 1.82) is 0 Å². The van der Waals surface area contributed by atoms with Crippen molar-refractivity contribution in [3.05, 3.63) is 35.6 Å². The van der Waals surface area contributed by atoms with Crippen LogP contribution in [0.4, 0.5) is 4.39 Å². The number of hydrogen-bond donors (Lipinski definition) is 0. The fourth-order valence-corrected chi connectivity index (χ4v) is 2.75. The van der Waals surface area contributed by atoms with Gasteiger partial charge in [0.2, 0.25) is 5.91 Å². The summed E-state index contributed by atoms with van der Waals surface area (Å²) < 4.78 is 12.8. The summed E-state index contributed by atoms with van der Waals surface area (Å²) in [6.45, 7) is 0.561. The highest BCUT2D eigenvalue weighted by Gasteiger charge is 2.19. The Labute approximate surface area is 114 Å². The molecule has 1 saturated carbocycles. The van der Waals surface area contributed by atoms with Gasteiger partial charge in [-0.3, -0.25) is 4.79 Å². The Kier molecular flexibility index (Phi) is 4.94. The lowest BCUT2D eigenvalue weighted by molar-refractivity contribution is -0.131. The highest BCUT2D eigenvalue weighted by molar-refractivity contribution is 5.76. The van der Waals surface area contributed by atoms with Gasteiger partial charge in [0.25, 0.3) is 0 Å². The van der Waals surface area contributed by atoms with Crippen LogP contribution in [0.5, 0.6) is 0 Å². The van der Waals surface area contributed by atoms with Crippen LogP contribution in [0.3, 0.4) is 0 Å². The van der Waals surface area contributed by atoms with Crippen molar-refractivity contribution in [2.75, 3.05) is 7.05 Å². The van der Waals surface area contributed by atoms with Gasteiger partial charge >= 0.3 is 0 Å². The predicted octanol–water partition coefficient (Wildman–Crippen LogP) is 3.75. The summed E-state index contributed by atoms with van der Waals surface area (Å²) in [5.74, 6) is 0.535. The second-order valence-corrected chi connectivity index (χ2v) is 5.58. The Morgan fingerprint density at radius 2 is 1.84 bits per heavy atom. The Morgan fingerprint density at radius 3 is 2.47 bits per heavy atom. The molecule has 1 aromatic carbocycles. The van der Waals surface area contributed by atoms with Gasteiger partial charge in [-0.05, 0) is 36.5 Å². The van der Waals surface area contributed by atoms with Gasteiger partial charge < -0.3 is 4.90 Å². The molecule has 1 fully saturated rings. The largest absolute Gasteiger partial charge is 0.341 e. The molecule has 3 heteroatoms. The molecule has 1 aliphatic carbocycles. The van der Waals surface area contributed by atoms with Crippen molar-refractivity contribution in [2.24, 2.45) is 5.92 Å². The molecular weight excluding hydrogens is 241 g/mol. The maximum absolute atomic E-state index is 12.8. The lowest BCUT2D eigenvalue weighted by atomic mass is 9.86. The summed E-state index contributed by atoms with van der Waals surface area (Å²) in [4.78, 5) is 13.9. The van der Waals surface area contributed by atoms with Gasteiger partial charge in [0.1, 0.15) is 5.82 Å². The summed E-state index contributed by atoms with van der Waals surface area (Å²) >= 11 is 0. The highest BCUT2D eigenvalue weighted by Crippen LogP contribution is 2.26. The lowest BCUT2D eigenvalue weighted by Crippen LogP contribution is -2.28. The molecule has 0 spiro atoms. The molecule has 0 aliphatic heterocycles. The van der Waals surface area contributed by atoms with Crippen LogP contribution in [0.2, 0.25) is 0 Å². The van der Waals surface area contributed by atoms with E-state index in [4.69, 9.17) is 0 Å². The molecule has 2 nitrogen and oxygen atoms in total. The van der Waals surface area contributed by atoms with Crippen molar-refractivity contribution >= 4 is 5.91 Å². The lowest BCUT2D eigenvalue weighted by Gasteiger charge is -2.24. The molecule has 1 aliphatic rings. The minimum atomic E-state index is -0.236. The number of nitrogens with zero attached hydrogens (tertiary/aromatic N) is 1. The molecule has 0 aromatic heterocycles. The maximum atomic E-state index is 12.8. The predicted molar refractivity (Wildman–Crippen MR) is 74.1 cm³/mol. The number of benzene rings is 1. The summed E-state index contributed by atoms with van der Waals surface area (Å²) in [5, 5.41) is 0. The molecule has 0 unspecified atom stereocenters. The van der Waals surface area contributed by atoms with E-state index in [2.05, 4.69) is 0 Å². The van der Waals surface area contributed by atoms with E-state index in [1.807, 2.05) is 7.05 Å². The van der Waals surface area contributed by atoms with Crippen molar-refractivity contribution < 1.29 is 9.18 Å². The molecule has 0 bridgehead atoms. The molecule has 1 amide bonds. The van der Waals surface area contributed by atoms with Gasteiger partial charge in [-0.1, -0.05) is 31.4 Å². The molecule has 19 heavy (non-hydrogen) atoms. The van der Waals surface area contributed by atoms with E-state index >= 15 is 0 Å². The molecule has 0 saturated heterocycles. The van der Waals surface area contributed by atoms with Crippen molar-refractivity contribution in [1.82, 2.24) is 4.90 Å². The summed E-state index contributed by atoms with van der Waals surface area (Å²) in [5.41, 5.74) is 0.973. The first kappa shape index (κ1) is 14.0. The molecular formula is C16H22FNO. The normalized spacial score (nSPS) is 16.3. The molecule has 0 atom stereocenters. The first-order valence-corrected chi connectivity index (χ1v) is 7.13. The number of halogens is 1. The second kappa shape index (κ2) is 6.69. The van der Waals surface area contributed by atoms with Crippen LogP contribution in [0.15, 0.2) is 24.3 Å². The first-order valence-electron chi connectivity index (χ1n) is 7.13. The van der Waals surface area contributed by atoms with Crippen LogP contribution < -0.4 is 0 Å². The van der Waals surface area contributed by atoms with E-state index < -0.39 is 0 Å². The monoisotopic (exact) mass is 263 g/mol. The van der Waals surface area contributed by atoms with Crippen molar-refractivity contribution in [3.63, 3.8) is 0 Å². The Bertz CT molecular complexity index is 409. The quantitative estimate of drug-likeness (QED) is 0.810. The average molecular weight is 263 g/mol. The standard InChI is InChI=1S/C16H22FNO/c1-18(12-14-7-9-15(17)10-8-14)16(19)11-13-5-3-2-4-6-13/h7-10,13H,2-6,11-12H2,1H3. The molecule has 104 valence electrons. The first-order chi connectivity index (χ1) is 9.15. The molecule has 2 rings (SSSR count). The van der Waals surface area contributed by atoms with E-state index in [-0.39, 0.29) is 11.7 Å². The number of hydrogen-bond acceptors (Lipinski definition) is 1. The summed E-state index contributed by atoms with van der Waals surface area (Å²) in [6, 6.07) is 6.35.